The van der Waals surface area contributed by atoms with Crippen LogP contribution in [-0.2, 0) is 14.3 Å². The zero-order valence-corrected chi connectivity index (χ0v) is 13.6. The number of amides is 2. The molecule has 126 valence electrons. The van der Waals surface area contributed by atoms with E-state index in [1.54, 1.807) is 11.9 Å². The average Bonchev–Trinajstić information content (AvgIpc) is 2.92. The molecule has 1 atom stereocenters. The molecule has 1 aromatic rings. The Balaban J connectivity index is 1.65. The van der Waals surface area contributed by atoms with Gasteiger partial charge in [-0.15, -0.1) is 0 Å². The molecular formula is C16H23N3O4. The van der Waals surface area contributed by atoms with E-state index in [0.717, 1.165) is 37.3 Å². The van der Waals surface area contributed by atoms with Crippen LogP contribution in [0.4, 0.5) is 5.88 Å². The van der Waals surface area contributed by atoms with E-state index in [4.69, 9.17) is 9.26 Å². The van der Waals surface area contributed by atoms with Gasteiger partial charge in [0.15, 0.2) is 0 Å². The molecule has 2 saturated heterocycles. The third-order valence-corrected chi connectivity index (χ3v) is 4.84. The van der Waals surface area contributed by atoms with Crippen molar-refractivity contribution in [1.82, 2.24) is 10.1 Å². The van der Waals surface area contributed by atoms with Gasteiger partial charge in [0.05, 0.1) is 5.69 Å². The number of nitrogens with zero attached hydrogens (tertiary/aromatic N) is 2. The SMILES string of the molecule is Cc1c(C2CCOCC2)noc1NC(=O)C1CCN(C)C(=O)C1. The molecule has 2 aliphatic rings. The minimum Gasteiger partial charge on any atom is -0.381 e. The number of rotatable bonds is 3. The molecule has 0 spiro atoms. The Morgan fingerprint density at radius 1 is 1.30 bits per heavy atom. The van der Waals surface area contributed by atoms with Gasteiger partial charge < -0.3 is 14.2 Å². The zero-order valence-electron chi connectivity index (χ0n) is 13.6. The summed E-state index contributed by atoms with van der Waals surface area (Å²) in [5.74, 6) is 0.276. The minimum atomic E-state index is -0.297. The van der Waals surface area contributed by atoms with Crippen LogP contribution >= 0.6 is 0 Å². The molecule has 1 aromatic heterocycles. The Kier molecular flexibility index (Phi) is 4.66. The summed E-state index contributed by atoms with van der Waals surface area (Å²) in [4.78, 5) is 25.8. The molecule has 7 nitrogen and oxygen atoms in total. The van der Waals surface area contributed by atoms with Crippen molar-refractivity contribution >= 4 is 17.7 Å². The zero-order chi connectivity index (χ0) is 16.4. The second-order valence-corrected chi connectivity index (χ2v) is 6.40. The third kappa shape index (κ3) is 3.39. The van der Waals surface area contributed by atoms with Gasteiger partial charge in [-0.2, -0.15) is 0 Å². The summed E-state index contributed by atoms with van der Waals surface area (Å²) in [5.41, 5.74) is 1.78. The van der Waals surface area contributed by atoms with Crippen LogP contribution in [0.2, 0.25) is 0 Å². The third-order valence-electron chi connectivity index (χ3n) is 4.84. The van der Waals surface area contributed by atoms with E-state index >= 15 is 0 Å². The van der Waals surface area contributed by atoms with Crippen molar-refractivity contribution in [3.8, 4) is 0 Å². The predicted octanol–water partition coefficient (Wildman–Crippen LogP) is 1.68. The van der Waals surface area contributed by atoms with Gasteiger partial charge in [0.2, 0.25) is 17.7 Å². The fourth-order valence-electron chi connectivity index (χ4n) is 3.20. The first-order valence-corrected chi connectivity index (χ1v) is 8.15. The lowest BCUT2D eigenvalue weighted by Gasteiger charge is -2.27. The monoisotopic (exact) mass is 321 g/mol. The number of carbonyl (C=O) groups excluding carboxylic acids is 2. The number of anilines is 1. The summed E-state index contributed by atoms with van der Waals surface area (Å²) in [5, 5.41) is 6.95. The van der Waals surface area contributed by atoms with E-state index in [2.05, 4.69) is 10.5 Å². The van der Waals surface area contributed by atoms with E-state index in [0.29, 0.717) is 24.8 Å². The van der Waals surface area contributed by atoms with Crippen LogP contribution < -0.4 is 5.32 Å². The Morgan fingerprint density at radius 3 is 2.74 bits per heavy atom. The molecular weight excluding hydrogens is 298 g/mol. The second kappa shape index (κ2) is 6.70. The molecule has 7 heteroatoms. The molecule has 2 amide bonds. The highest BCUT2D eigenvalue weighted by Gasteiger charge is 2.30. The van der Waals surface area contributed by atoms with Crippen LogP contribution in [0.5, 0.6) is 0 Å². The van der Waals surface area contributed by atoms with Gasteiger partial charge in [0.25, 0.3) is 0 Å². The molecule has 23 heavy (non-hydrogen) atoms. The highest BCUT2D eigenvalue weighted by molar-refractivity contribution is 5.95. The number of piperidine rings is 1. The first-order valence-electron chi connectivity index (χ1n) is 8.15. The number of likely N-dealkylation sites (tertiary alicyclic amines) is 1. The lowest BCUT2D eigenvalue weighted by Crippen LogP contribution is -2.39. The summed E-state index contributed by atoms with van der Waals surface area (Å²) in [6.45, 7) is 3.99. The maximum Gasteiger partial charge on any atom is 0.234 e. The van der Waals surface area contributed by atoms with E-state index in [1.165, 1.54) is 0 Å². The lowest BCUT2D eigenvalue weighted by molar-refractivity contribution is -0.137. The van der Waals surface area contributed by atoms with Gasteiger partial charge in [0.1, 0.15) is 0 Å². The standard InChI is InChI=1S/C16H23N3O4/c1-10-14(11-4-7-22-8-5-11)18-23-16(10)17-15(21)12-3-6-19(2)13(20)9-12/h11-12H,3-9H2,1-2H3,(H,17,21). The van der Waals surface area contributed by atoms with Crippen LogP contribution in [0.15, 0.2) is 4.52 Å². The van der Waals surface area contributed by atoms with Gasteiger partial charge in [-0.25, -0.2) is 0 Å². The maximum absolute atomic E-state index is 12.4. The smallest absolute Gasteiger partial charge is 0.234 e. The van der Waals surface area contributed by atoms with E-state index in [-0.39, 0.29) is 24.2 Å². The number of carbonyl (C=O) groups is 2. The summed E-state index contributed by atoms with van der Waals surface area (Å²) in [6, 6.07) is 0. The molecule has 3 heterocycles. The molecule has 3 rings (SSSR count). The number of ether oxygens (including phenoxy) is 1. The Hall–Kier alpha value is -1.89. The molecule has 1 N–H and O–H groups in total. The van der Waals surface area contributed by atoms with Gasteiger partial charge >= 0.3 is 0 Å². The largest absolute Gasteiger partial charge is 0.381 e. The van der Waals surface area contributed by atoms with Crippen LogP contribution in [0, 0.1) is 12.8 Å². The van der Waals surface area contributed by atoms with Crippen molar-refractivity contribution < 1.29 is 18.8 Å². The van der Waals surface area contributed by atoms with E-state index < -0.39 is 0 Å². The van der Waals surface area contributed by atoms with Crippen LogP contribution in [-0.4, -0.2) is 48.7 Å². The Bertz CT molecular complexity index is 592. The first kappa shape index (κ1) is 16.0. The summed E-state index contributed by atoms with van der Waals surface area (Å²) in [7, 11) is 1.76. The molecule has 0 radical (unpaired) electrons. The van der Waals surface area contributed by atoms with E-state index in [1.807, 2.05) is 6.92 Å². The Labute approximate surface area is 135 Å². The predicted molar refractivity (Wildman–Crippen MR) is 83.0 cm³/mol. The molecule has 1 unspecified atom stereocenters. The van der Waals surface area contributed by atoms with Gasteiger partial charge in [-0.05, 0) is 26.2 Å². The van der Waals surface area contributed by atoms with Crippen molar-refractivity contribution in [3.05, 3.63) is 11.3 Å². The van der Waals surface area contributed by atoms with Crippen molar-refractivity contribution in [2.24, 2.45) is 5.92 Å². The summed E-state index contributed by atoms with van der Waals surface area (Å²) < 4.78 is 10.7. The number of nitrogens with one attached hydrogen (secondary N) is 1. The fourth-order valence-corrected chi connectivity index (χ4v) is 3.20. The lowest BCUT2D eigenvalue weighted by atomic mass is 9.94. The van der Waals surface area contributed by atoms with Gasteiger partial charge in [-0.3, -0.25) is 14.9 Å². The van der Waals surface area contributed by atoms with Crippen molar-refractivity contribution in [3.63, 3.8) is 0 Å². The first-order chi connectivity index (χ1) is 11.1. The molecule has 0 saturated carbocycles. The quantitative estimate of drug-likeness (QED) is 0.915. The summed E-state index contributed by atoms with van der Waals surface area (Å²) >= 11 is 0. The van der Waals surface area contributed by atoms with Crippen molar-refractivity contribution in [2.75, 3.05) is 32.1 Å². The van der Waals surface area contributed by atoms with Crippen molar-refractivity contribution in [1.29, 1.82) is 0 Å². The number of hydrogen-bond donors (Lipinski definition) is 1. The van der Waals surface area contributed by atoms with E-state index in [9.17, 15) is 9.59 Å². The molecule has 0 aromatic carbocycles. The van der Waals surface area contributed by atoms with Crippen LogP contribution in [0.3, 0.4) is 0 Å². The normalized spacial score (nSPS) is 23.1. The van der Waals surface area contributed by atoms with Gasteiger partial charge in [-0.1, -0.05) is 5.16 Å². The molecule has 2 fully saturated rings. The fraction of sp³-hybridized carbons (Fsp3) is 0.688. The summed E-state index contributed by atoms with van der Waals surface area (Å²) in [6.07, 6.45) is 2.77. The second-order valence-electron chi connectivity index (χ2n) is 6.40. The maximum atomic E-state index is 12.4. The topological polar surface area (TPSA) is 84.7 Å². The Morgan fingerprint density at radius 2 is 2.04 bits per heavy atom. The van der Waals surface area contributed by atoms with Crippen LogP contribution in [0.25, 0.3) is 0 Å². The molecule has 2 aliphatic heterocycles. The molecule has 0 aliphatic carbocycles. The minimum absolute atomic E-state index is 0.00795. The number of aromatic nitrogens is 1. The van der Waals surface area contributed by atoms with Crippen LogP contribution in [0.1, 0.15) is 42.9 Å². The average molecular weight is 321 g/mol. The highest BCUT2D eigenvalue weighted by Crippen LogP contribution is 2.32. The number of hydrogen-bond acceptors (Lipinski definition) is 5. The van der Waals surface area contributed by atoms with Crippen molar-refractivity contribution in [2.45, 2.75) is 38.5 Å². The highest BCUT2D eigenvalue weighted by atomic mass is 16.5. The molecule has 0 bridgehead atoms. The van der Waals surface area contributed by atoms with Gasteiger partial charge in [0, 0.05) is 50.6 Å².